The quantitative estimate of drug-likeness (QED) is 0.868. The summed E-state index contributed by atoms with van der Waals surface area (Å²) in [6.45, 7) is 2.78. The highest BCUT2D eigenvalue weighted by Gasteiger charge is 2.09. The van der Waals surface area contributed by atoms with Crippen LogP contribution in [0.1, 0.15) is 11.1 Å². The summed E-state index contributed by atoms with van der Waals surface area (Å²) in [6, 6.07) is 0. The molecule has 0 aliphatic rings. The topological polar surface area (TPSA) is 73.1 Å². The number of hydrogen-bond acceptors (Lipinski definition) is 6. The maximum Gasteiger partial charge on any atom is 0.203 e. The van der Waals surface area contributed by atoms with Crippen molar-refractivity contribution in [1.82, 2.24) is 9.97 Å². The van der Waals surface area contributed by atoms with E-state index < -0.39 is 0 Å². The fourth-order valence-corrected chi connectivity index (χ4v) is 2.32. The molecule has 0 radical (unpaired) electrons. The zero-order valence-electron chi connectivity index (χ0n) is 9.73. The molecular weight excluding hydrogens is 236 g/mol. The Morgan fingerprint density at radius 2 is 2.24 bits per heavy atom. The monoisotopic (exact) mass is 250 g/mol. The molecule has 0 aliphatic heterocycles. The zero-order valence-corrected chi connectivity index (χ0v) is 10.5. The minimum atomic E-state index is 0.340. The molecule has 6 heteroatoms. The van der Waals surface area contributed by atoms with Crippen molar-refractivity contribution in [3.05, 3.63) is 28.2 Å². The second-order valence-electron chi connectivity index (χ2n) is 3.57. The second kappa shape index (κ2) is 5.01. The molecule has 90 valence electrons. The molecule has 17 heavy (non-hydrogen) atoms. The summed E-state index contributed by atoms with van der Waals surface area (Å²) in [5.41, 5.74) is 8.21. The van der Waals surface area contributed by atoms with Gasteiger partial charge in [0, 0.05) is 6.54 Å². The Labute approximate surface area is 104 Å². The van der Waals surface area contributed by atoms with Gasteiger partial charge in [-0.1, -0.05) is 0 Å². The molecule has 5 nitrogen and oxygen atoms in total. The summed E-state index contributed by atoms with van der Waals surface area (Å²) >= 11 is 1.69. The van der Waals surface area contributed by atoms with Crippen LogP contribution in [0.4, 0.5) is 11.6 Å². The van der Waals surface area contributed by atoms with Crippen molar-refractivity contribution < 1.29 is 4.74 Å². The molecule has 0 saturated carbocycles. The molecule has 0 aromatic carbocycles. The maximum absolute atomic E-state index is 5.70. The van der Waals surface area contributed by atoms with E-state index in [9.17, 15) is 0 Å². The van der Waals surface area contributed by atoms with E-state index in [0.29, 0.717) is 23.9 Å². The molecule has 2 heterocycles. The molecule has 0 fully saturated rings. The van der Waals surface area contributed by atoms with E-state index in [4.69, 9.17) is 10.5 Å². The zero-order chi connectivity index (χ0) is 12.3. The standard InChI is InChI=1S/C11H14N4OS/c1-7-4-17-5-8(7)3-13-11-9(16-2)10(12)14-6-15-11/h4-6H,3H2,1-2H3,(H3,12,13,14,15). The Kier molecular flexibility index (Phi) is 3.43. The predicted molar refractivity (Wildman–Crippen MR) is 69.4 cm³/mol. The fourth-order valence-electron chi connectivity index (χ4n) is 1.46. The number of nitrogen functional groups attached to an aromatic ring is 1. The summed E-state index contributed by atoms with van der Waals surface area (Å²) in [4.78, 5) is 7.99. The van der Waals surface area contributed by atoms with Crippen molar-refractivity contribution >= 4 is 23.0 Å². The van der Waals surface area contributed by atoms with Gasteiger partial charge in [-0.25, -0.2) is 9.97 Å². The van der Waals surface area contributed by atoms with E-state index in [-0.39, 0.29) is 0 Å². The van der Waals surface area contributed by atoms with Gasteiger partial charge in [0.15, 0.2) is 11.6 Å². The number of methoxy groups -OCH3 is 1. The lowest BCUT2D eigenvalue weighted by molar-refractivity contribution is 0.415. The molecule has 0 bridgehead atoms. The number of ether oxygens (including phenoxy) is 1. The van der Waals surface area contributed by atoms with Crippen molar-refractivity contribution in [2.75, 3.05) is 18.2 Å². The average molecular weight is 250 g/mol. The molecule has 0 amide bonds. The lowest BCUT2D eigenvalue weighted by Crippen LogP contribution is -2.06. The van der Waals surface area contributed by atoms with Crippen LogP contribution in [0.5, 0.6) is 5.75 Å². The number of aromatic nitrogens is 2. The predicted octanol–water partition coefficient (Wildman–Crippen LogP) is 2.05. The van der Waals surface area contributed by atoms with Crippen LogP contribution in [0, 0.1) is 6.92 Å². The SMILES string of the molecule is COc1c(N)ncnc1NCc1cscc1C. The molecule has 2 aromatic rings. The molecule has 2 aromatic heterocycles. The first-order valence-corrected chi connectivity index (χ1v) is 6.06. The Bertz CT molecular complexity index is 512. The number of nitrogens with zero attached hydrogens (tertiary/aromatic N) is 2. The lowest BCUT2D eigenvalue weighted by atomic mass is 10.2. The van der Waals surface area contributed by atoms with Crippen LogP contribution in [-0.4, -0.2) is 17.1 Å². The first kappa shape index (κ1) is 11.7. The molecule has 0 unspecified atom stereocenters. The van der Waals surface area contributed by atoms with Crippen LogP contribution in [0.25, 0.3) is 0 Å². The fraction of sp³-hybridized carbons (Fsp3) is 0.273. The third-order valence-electron chi connectivity index (χ3n) is 2.44. The van der Waals surface area contributed by atoms with Gasteiger partial charge in [-0.3, -0.25) is 0 Å². The number of nitrogens with one attached hydrogen (secondary N) is 1. The van der Waals surface area contributed by atoms with Crippen molar-refractivity contribution in [3.8, 4) is 5.75 Å². The summed E-state index contributed by atoms with van der Waals surface area (Å²) in [6.07, 6.45) is 1.42. The van der Waals surface area contributed by atoms with Crippen LogP contribution in [0.3, 0.4) is 0 Å². The highest BCUT2D eigenvalue weighted by atomic mass is 32.1. The van der Waals surface area contributed by atoms with Gasteiger partial charge in [0.25, 0.3) is 0 Å². The Hall–Kier alpha value is -1.82. The van der Waals surface area contributed by atoms with Crippen molar-refractivity contribution in [2.45, 2.75) is 13.5 Å². The number of thiophene rings is 1. The summed E-state index contributed by atoms with van der Waals surface area (Å²) in [7, 11) is 1.55. The Balaban J connectivity index is 2.14. The second-order valence-corrected chi connectivity index (χ2v) is 4.32. The third kappa shape index (κ3) is 2.47. The molecule has 0 atom stereocenters. The van der Waals surface area contributed by atoms with Gasteiger partial charge < -0.3 is 15.8 Å². The molecular formula is C11H14N4OS. The number of anilines is 2. The Morgan fingerprint density at radius 3 is 2.88 bits per heavy atom. The number of aryl methyl sites for hydroxylation is 1. The normalized spacial score (nSPS) is 10.2. The first-order valence-electron chi connectivity index (χ1n) is 5.12. The minimum absolute atomic E-state index is 0.340. The van der Waals surface area contributed by atoms with E-state index in [1.54, 1.807) is 18.4 Å². The van der Waals surface area contributed by atoms with Crippen molar-refractivity contribution in [2.24, 2.45) is 0 Å². The molecule has 0 spiro atoms. The van der Waals surface area contributed by atoms with E-state index in [0.717, 1.165) is 0 Å². The third-order valence-corrected chi connectivity index (χ3v) is 3.35. The first-order chi connectivity index (χ1) is 8.22. The Morgan fingerprint density at radius 1 is 1.41 bits per heavy atom. The highest BCUT2D eigenvalue weighted by molar-refractivity contribution is 7.08. The number of hydrogen-bond donors (Lipinski definition) is 2. The van der Waals surface area contributed by atoms with Gasteiger partial charge in [0.2, 0.25) is 5.75 Å². The van der Waals surface area contributed by atoms with E-state index in [1.807, 2.05) is 0 Å². The van der Waals surface area contributed by atoms with Crippen LogP contribution in [0.15, 0.2) is 17.1 Å². The van der Waals surface area contributed by atoms with Crippen LogP contribution in [0.2, 0.25) is 0 Å². The van der Waals surface area contributed by atoms with Gasteiger partial charge in [0.1, 0.15) is 6.33 Å². The summed E-state index contributed by atoms with van der Waals surface area (Å²) < 4.78 is 5.17. The largest absolute Gasteiger partial charge is 0.490 e. The molecule has 3 N–H and O–H groups in total. The van der Waals surface area contributed by atoms with E-state index in [2.05, 4.69) is 33.0 Å². The van der Waals surface area contributed by atoms with Gasteiger partial charge in [-0.05, 0) is 28.8 Å². The highest BCUT2D eigenvalue weighted by Crippen LogP contribution is 2.27. The van der Waals surface area contributed by atoms with Gasteiger partial charge in [0.05, 0.1) is 7.11 Å². The van der Waals surface area contributed by atoms with Crippen LogP contribution in [-0.2, 0) is 6.54 Å². The van der Waals surface area contributed by atoms with Gasteiger partial charge in [-0.2, -0.15) is 11.3 Å². The van der Waals surface area contributed by atoms with E-state index >= 15 is 0 Å². The smallest absolute Gasteiger partial charge is 0.203 e. The maximum atomic E-state index is 5.70. The van der Waals surface area contributed by atoms with Crippen molar-refractivity contribution in [3.63, 3.8) is 0 Å². The summed E-state index contributed by atoms with van der Waals surface area (Å²) in [5.74, 6) is 1.44. The van der Waals surface area contributed by atoms with Crippen LogP contribution < -0.4 is 15.8 Å². The lowest BCUT2D eigenvalue weighted by Gasteiger charge is -2.10. The number of nitrogens with two attached hydrogens (primary N) is 1. The molecule has 0 aliphatic carbocycles. The van der Waals surface area contributed by atoms with Gasteiger partial charge >= 0.3 is 0 Å². The molecule has 0 saturated heterocycles. The van der Waals surface area contributed by atoms with Crippen LogP contribution >= 0.6 is 11.3 Å². The minimum Gasteiger partial charge on any atom is -0.490 e. The summed E-state index contributed by atoms with van der Waals surface area (Å²) in [5, 5.41) is 7.42. The van der Waals surface area contributed by atoms with Crippen molar-refractivity contribution in [1.29, 1.82) is 0 Å². The molecule has 2 rings (SSSR count). The van der Waals surface area contributed by atoms with E-state index in [1.165, 1.54) is 17.5 Å². The number of rotatable bonds is 4. The van der Waals surface area contributed by atoms with Gasteiger partial charge in [-0.15, -0.1) is 0 Å². The average Bonchev–Trinajstić information content (AvgIpc) is 2.72.